The Morgan fingerprint density at radius 3 is 2.11 bits per heavy atom. The molecule has 0 heterocycles. The fraction of sp³-hybridized carbons (Fsp3) is 0.857. The van der Waals surface area contributed by atoms with Crippen LogP contribution in [0.25, 0.3) is 0 Å². The highest BCUT2D eigenvalue weighted by Crippen LogP contribution is 2.53. The maximum atomic E-state index is 10.9. The monoisotopic (exact) mass is 125 g/mol. The number of hydrogen-bond donors (Lipinski definition) is 1. The number of Topliss-reactive ketones (excluding diaryl/α,β-unsaturated/α-hetero) is 1. The van der Waals surface area contributed by atoms with Gasteiger partial charge in [-0.1, -0.05) is 12.8 Å². The van der Waals surface area contributed by atoms with Gasteiger partial charge in [0.15, 0.2) is 5.78 Å². The van der Waals surface area contributed by atoms with Crippen LogP contribution in [0.15, 0.2) is 0 Å². The van der Waals surface area contributed by atoms with Gasteiger partial charge in [-0.3, -0.25) is 4.79 Å². The van der Waals surface area contributed by atoms with Crippen LogP contribution >= 0.6 is 0 Å². The summed E-state index contributed by atoms with van der Waals surface area (Å²) < 4.78 is 0. The Hall–Kier alpha value is -0.370. The van der Waals surface area contributed by atoms with Crippen molar-refractivity contribution in [2.24, 2.45) is 11.1 Å². The molecule has 2 aliphatic carbocycles. The molecule has 2 nitrogen and oxygen atoms in total. The summed E-state index contributed by atoms with van der Waals surface area (Å²) >= 11 is 0. The molecular formula is C7H11NO. The van der Waals surface area contributed by atoms with Crippen LogP contribution in [-0.4, -0.2) is 11.8 Å². The third kappa shape index (κ3) is 0.472. The summed E-state index contributed by atoms with van der Waals surface area (Å²) in [6.45, 7) is 0. The highest BCUT2D eigenvalue weighted by atomic mass is 16.1. The fourth-order valence-electron chi connectivity index (χ4n) is 1.98. The lowest BCUT2D eigenvalue weighted by Crippen LogP contribution is -2.09. The largest absolute Gasteiger partial charge is 0.321 e. The van der Waals surface area contributed by atoms with Gasteiger partial charge in [0.05, 0.1) is 11.5 Å². The molecule has 0 aromatic heterocycles. The summed E-state index contributed by atoms with van der Waals surface area (Å²) in [6.07, 6.45) is 4.54. The number of carbonyl (C=O) groups excluding carboxylic acids is 1. The van der Waals surface area contributed by atoms with Gasteiger partial charge in [-0.2, -0.15) is 0 Å². The summed E-state index contributed by atoms with van der Waals surface area (Å²) in [7, 11) is 0. The first kappa shape index (κ1) is 5.42. The van der Waals surface area contributed by atoms with Crippen LogP contribution in [0.5, 0.6) is 0 Å². The minimum Gasteiger partial charge on any atom is -0.321 e. The van der Waals surface area contributed by atoms with Gasteiger partial charge < -0.3 is 5.73 Å². The van der Waals surface area contributed by atoms with E-state index in [0.29, 0.717) is 5.78 Å². The summed E-state index contributed by atoms with van der Waals surface area (Å²) in [6, 6.07) is -0.0833. The van der Waals surface area contributed by atoms with Gasteiger partial charge in [0.2, 0.25) is 0 Å². The molecule has 2 heteroatoms. The molecule has 0 radical (unpaired) electrons. The standard InChI is InChI=1S/C7H11NO/c8-5-6(9)7(5)3-1-2-4-7/h5H,1-4,8H2. The van der Waals surface area contributed by atoms with Gasteiger partial charge in [-0.25, -0.2) is 0 Å². The van der Waals surface area contributed by atoms with E-state index >= 15 is 0 Å². The van der Waals surface area contributed by atoms with Crippen molar-refractivity contribution in [3.63, 3.8) is 0 Å². The topological polar surface area (TPSA) is 43.1 Å². The average Bonchev–Trinajstić information content (AvgIpc) is 2.44. The SMILES string of the molecule is NC1C(=O)C12CCCC2. The molecule has 9 heavy (non-hydrogen) atoms. The van der Waals surface area contributed by atoms with Gasteiger partial charge in [-0.05, 0) is 12.8 Å². The molecule has 0 aromatic rings. The van der Waals surface area contributed by atoms with Crippen LogP contribution < -0.4 is 5.73 Å². The number of rotatable bonds is 0. The van der Waals surface area contributed by atoms with Gasteiger partial charge >= 0.3 is 0 Å². The van der Waals surface area contributed by atoms with Gasteiger partial charge in [0, 0.05) is 0 Å². The molecule has 2 aliphatic rings. The van der Waals surface area contributed by atoms with Crippen LogP contribution in [0.4, 0.5) is 0 Å². The maximum Gasteiger partial charge on any atom is 0.158 e. The van der Waals surface area contributed by atoms with E-state index in [0.717, 1.165) is 12.8 Å². The average molecular weight is 125 g/mol. The van der Waals surface area contributed by atoms with E-state index in [-0.39, 0.29) is 11.5 Å². The first-order chi connectivity index (χ1) is 4.27. The molecule has 1 unspecified atom stereocenters. The van der Waals surface area contributed by atoms with Crippen LogP contribution in [0, 0.1) is 5.41 Å². The third-order valence-corrected chi connectivity index (χ3v) is 2.78. The fourth-order valence-corrected chi connectivity index (χ4v) is 1.98. The molecule has 2 rings (SSSR count). The minimum atomic E-state index is -0.0833. The zero-order valence-corrected chi connectivity index (χ0v) is 5.39. The molecule has 0 amide bonds. The molecule has 1 spiro atoms. The predicted octanol–water partition coefficient (Wildman–Crippen LogP) is 0.457. The van der Waals surface area contributed by atoms with Crippen LogP contribution in [0.2, 0.25) is 0 Å². The van der Waals surface area contributed by atoms with Crippen LogP contribution in [-0.2, 0) is 4.79 Å². The lowest BCUT2D eigenvalue weighted by molar-refractivity contribution is -0.113. The van der Waals surface area contributed by atoms with Crippen molar-refractivity contribution < 1.29 is 4.79 Å². The van der Waals surface area contributed by atoms with Crippen molar-refractivity contribution >= 4 is 5.78 Å². The lowest BCUT2D eigenvalue weighted by atomic mass is 10.1. The normalized spacial score (nSPS) is 37.9. The first-order valence-electron chi connectivity index (χ1n) is 3.57. The van der Waals surface area contributed by atoms with E-state index in [1.54, 1.807) is 0 Å². The Morgan fingerprint density at radius 1 is 1.44 bits per heavy atom. The van der Waals surface area contributed by atoms with E-state index in [9.17, 15) is 4.79 Å². The second kappa shape index (κ2) is 1.37. The zero-order chi connectivity index (χ0) is 6.48. The second-order valence-electron chi connectivity index (χ2n) is 3.21. The Kier molecular flexibility index (Phi) is 0.826. The van der Waals surface area contributed by atoms with Crippen molar-refractivity contribution in [3.05, 3.63) is 0 Å². The molecule has 0 saturated heterocycles. The summed E-state index contributed by atoms with van der Waals surface area (Å²) in [4.78, 5) is 10.9. The van der Waals surface area contributed by atoms with Crippen LogP contribution in [0.1, 0.15) is 25.7 Å². The van der Waals surface area contributed by atoms with Gasteiger partial charge in [0.1, 0.15) is 0 Å². The molecule has 2 N–H and O–H groups in total. The number of ketones is 1. The zero-order valence-electron chi connectivity index (χ0n) is 5.39. The van der Waals surface area contributed by atoms with Gasteiger partial charge in [0.25, 0.3) is 0 Å². The number of hydrogen-bond acceptors (Lipinski definition) is 2. The molecule has 2 saturated carbocycles. The third-order valence-electron chi connectivity index (χ3n) is 2.78. The summed E-state index contributed by atoms with van der Waals surface area (Å²) in [5, 5.41) is 0. The molecule has 0 aromatic carbocycles. The Morgan fingerprint density at radius 2 is 1.89 bits per heavy atom. The lowest BCUT2D eigenvalue weighted by Gasteiger charge is -1.97. The maximum absolute atomic E-state index is 10.9. The van der Waals surface area contributed by atoms with E-state index in [2.05, 4.69) is 0 Å². The summed E-state index contributed by atoms with van der Waals surface area (Å²) in [5.41, 5.74) is 5.56. The van der Waals surface area contributed by atoms with E-state index in [4.69, 9.17) is 5.73 Å². The van der Waals surface area contributed by atoms with Gasteiger partial charge in [-0.15, -0.1) is 0 Å². The number of carbonyl (C=O) groups is 1. The van der Waals surface area contributed by atoms with Crippen molar-refractivity contribution in [2.75, 3.05) is 0 Å². The van der Waals surface area contributed by atoms with E-state index in [1.165, 1.54) is 12.8 Å². The van der Waals surface area contributed by atoms with Crippen molar-refractivity contribution in [1.29, 1.82) is 0 Å². The smallest absolute Gasteiger partial charge is 0.158 e. The number of nitrogens with two attached hydrogens (primary N) is 1. The molecule has 0 aliphatic heterocycles. The van der Waals surface area contributed by atoms with E-state index in [1.807, 2.05) is 0 Å². The second-order valence-corrected chi connectivity index (χ2v) is 3.21. The molecule has 0 bridgehead atoms. The van der Waals surface area contributed by atoms with E-state index < -0.39 is 0 Å². The minimum absolute atomic E-state index is 0.000000000000000222. The Balaban J connectivity index is 2.20. The molecule has 1 atom stereocenters. The highest BCUT2D eigenvalue weighted by molar-refractivity contribution is 6.07. The molecule has 50 valence electrons. The molecule has 2 fully saturated rings. The summed E-state index contributed by atoms with van der Waals surface area (Å²) in [5.74, 6) is 0.319. The molecular weight excluding hydrogens is 114 g/mol. The van der Waals surface area contributed by atoms with Crippen molar-refractivity contribution in [3.8, 4) is 0 Å². The highest BCUT2D eigenvalue weighted by Gasteiger charge is 2.63. The quantitative estimate of drug-likeness (QED) is 0.511. The Labute approximate surface area is 54.4 Å². The first-order valence-corrected chi connectivity index (χ1v) is 3.57. The van der Waals surface area contributed by atoms with Crippen molar-refractivity contribution in [1.82, 2.24) is 0 Å². The van der Waals surface area contributed by atoms with Crippen molar-refractivity contribution in [2.45, 2.75) is 31.7 Å². The Bertz CT molecular complexity index is 158. The van der Waals surface area contributed by atoms with Crippen LogP contribution in [0.3, 0.4) is 0 Å². The predicted molar refractivity (Wildman–Crippen MR) is 33.9 cm³/mol.